The van der Waals surface area contributed by atoms with E-state index in [9.17, 15) is 4.79 Å². The summed E-state index contributed by atoms with van der Waals surface area (Å²) in [5.74, 6) is 0.276. The first-order valence-electron chi connectivity index (χ1n) is 17.6. The number of allylic oxidation sites excluding steroid dienone is 16. The van der Waals surface area contributed by atoms with Gasteiger partial charge in [0.15, 0.2) is 0 Å². The van der Waals surface area contributed by atoms with Crippen molar-refractivity contribution in [3.63, 3.8) is 0 Å². The van der Waals surface area contributed by atoms with E-state index in [-0.39, 0.29) is 5.78 Å². The third kappa shape index (κ3) is 28.4. The Labute approximate surface area is 275 Å². The van der Waals surface area contributed by atoms with Gasteiger partial charge in [0.2, 0.25) is 0 Å². The molecule has 0 saturated heterocycles. The van der Waals surface area contributed by atoms with E-state index in [1.54, 1.807) is 6.92 Å². The third-order valence-electron chi connectivity index (χ3n) is 8.27. The van der Waals surface area contributed by atoms with Crippen molar-refractivity contribution < 1.29 is 4.79 Å². The minimum atomic E-state index is 0.276. The van der Waals surface area contributed by atoms with Crippen LogP contribution >= 0.6 is 0 Å². The molecule has 0 fully saturated rings. The molecule has 0 aliphatic heterocycles. The van der Waals surface area contributed by atoms with E-state index >= 15 is 0 Å². The van der Waals surface area contributed by atoms with Crippen molar-refractivity contribution in [3.8, 4) is 0 Å². The first-order chi connectivity index (χ1) is 20.9. The van der Waals surface area contributed by atoms with E-state index in [0.29, 0.717) is 6.42 Å². The maximum atomic E-state index is 11.1. The van der Waals surface area contributed by atoms with E-state index in [4.69, 9.17) is 0 Å². The van der Waals surface area contributed by atoms with Crippen LogP contribution in [-0.4, -0.2) is 5.78 Å². The van der Waals surface area contributed by atoms with Crippen molar-refractivity contribution in [2.45, 2.75) is 172 Å². The minimum Gasteiger partial charge on any atom is -0.300 e. The summed E-state index contributed by atoms with van der Waals surface area (Å²) >= 11 is 0. The average Bonchev–Trinajstić information content (AvgIpc) is 2.92. The van der Waals surface area contributed by atoms with Gasteiger partial charge in [0.1, 0.15) is 5.78 Å². The smallest absolute Gasteiger partial charge is 0.130 e. The first-order valence-corrected chi connectivity index (χ1v) is 17.6. The van der Waals surface area contributed by atoms with Gasteiger partial charge in [-0.05, 0) is 166 Å². The van der Waals surface area contributed by atoms with Crippen LogP contribution in [0.2, 0.25) is 0 Å². The molecule has 0 rings (SSSR count). The zero-order chi connectivity index (χ0) is 33.2. The molecule has 0 radical (unpaired) electrons. The van der Waals surface area contributed by atoms with E-state index in [2.05, 4.69) is 111 Å². The Bertz CT molecular complexity index is 1060. The molecular weight excluding hydrogens is 532 g/mol. The SMILES string of the molecule is CC(=O)CC/C=C(\C)CC/C=C(\C)CC/C=C(\C)CCC=C(C)CC/C=C(\C)CC/C=C(\C)CC/C=C(\C)CCC=C(C)C. The molecule has 0 spiro atoms. The predicted octanol–water partition coefficient (Wildman–Crippen LogP) is 14.4. The molecule has 0 aromatic heterocycles. The summed E-state index contributed by atoms with van der Waals surface area (Å²) in [6.45, 7) is 21.9. The van der Waals surface area contributed by atoms with Crippen molar-refractivity contribution in [3.05, 3.63) is 93.2 Å². The summed E-state index contributed by atoms with van der Waals surface area (Å²) in [5, 5.41) is 0. The molecule has 0 N–H and O–H groups in total. The topological polar surface area (TPSA) is 17.1 Å². The number of hydrogen-bond acceptors (Lipinski definition) is 1. The summed E-state index contributed by atoms with van der Waals surface area (Å²) < 4.78 is 0. The van der Waals surface area contributed by atoms with Gasteiger partial charge < -0.3 is 4.79 Å². The molecule has 0 amide bonds. The van der Waals surface area contributed by atoms with Gasteiger partial charge in [-0.25, -0.2) is 0 Å². The molecule has 0 bridgehead atoms. The van der Waals surface area contributed by atoms with Crippen molar-refractivity contribution >= 4 is 5.78 Å². The lowest BCUT2D eigenvalue weighted by atomic mass is 10.0. The predicted molar refractivity (Wildman–Crippen MR) is 200 cm³/mol. The number of carbonyl (C=O) groups is 1. The van der Waals surface area contributed by atoms with Crippen LogP contribution in [0.25, 0.3) is 0 Å². The molecule has 1 heteroatoms. The lowest BCUT2D eigenvalue weighted by Gasteiger charge is -2.04. The van der Waals surface area contributed by atoms with Crippen molar-refractivity contribution in [2.24, 2.45) is 0 Å². The molecule has 0 atom stereocenters. The van der Waals surface area contributed by atoms with E-state index in [1.165, 1.54) is 83.1 Å². The molecule has 1 nitrogen and oxygen atoms in total. The average molecular weight is 603 g/mol. The number of ketones is 1. The van der Waals surface area contributed by atoms with Crippen molar-refractivity contribution in [2.75, 3.05) is 0 Å². The number of hydrogen-bond donors (Lipinski definition) is 0. The van der Waals surface area contributed by atoms with Crippen LogP contribution in [0.15, 0.2) is 93.2 Å². The quantitative estimate of drug-likeness (QED) is 0.100. The lowest BCUT2D eigenvalue weighted by Crippen LogP contribution is -1.87. The highest BCUT2D eigenvalue weighted by atomic mass is 16.1. The van der Waals surface area contributed by atoms with Crippen LogP contribution in [0.4, 0.5) is 0 Å². The fraction of sp³-hybridized carbons (Fsp3) is 0.605. The van der Waals surface area contributed by atoms with Gasteiger partial charge in [0.05, 0.1) is 0 Å². The van der Waals surface area contributed by atoms with E-state index < -0.39 is 0 Å². The van der Waals surface area contributed by atoms with Gasteiger partial charge in [0, 0.05) is 6.42 Å². The van der Waals surface area contributed by atoms with Gasteiger partial charge in [-0.15, -0.1) is 0 Å². The maximum Gasteiger partial charge on any atom is 0.130 e. The second kappa shape index (κ2) is 26.9. The highest BCUT2D eigenvalue weighted by Gasteiger charge is 1.97. The fourth-order valence-electron chi connectivity index (χ4n) is 5.10. The van der Waals surface area contributed by atoms with Crippen LogP contribution in [0.1, 0.15) is 172 Å². The molecular formula is C43H70O. The maximum absolute atomic E-state index is 11.1. The Balaban J connectivity index is 4.20. The van der Waals surface area contributed by atoms with Gasteiger partial charge in [0.25, 0.3) is 0 Å². The Morgan fingerprint density at radius 1 is 0.295 bits per heavy atom. The van der Waals surface area contributed by atoms with Crippen LogP contribution in [0.5, 0.6) is 0 Å². The van der Waals surface area contributed by atoms with Crippen LogP contribution in [0, 0.1) is 0 Å². The highest BCUT2D eigenvalue weighted by Crippen LogP contribution is 2.17. The molecule has 44 heavy (non-hydrogen) atoms. The van der Waals surface area contributed by atoms with Gasteiger partial charge >= 0.3 is 0 Å². The number of carbonyl (C=O) groups excluding carboxylic acids is 1. The summed E-state index contributed by atoms with van der Waals surface area (Å²) in [4.78, 5) is 11.1. The van der Waals surface area contributed by atoms with Crippen LogP contribution in [-0.2, 0) is 4.79 Å². The number of Topliss-reactive ketones (excluding diaryl/α,β-unsaturated/α-hetero) is 1. The van der Waals surface area contributed by atoms with Crippen molar-refractivity contribution in [1.29, 1.82) is 0 Å². The Morgan fingerprint density at radius 2 is 0.477 bits per heavy atom. The summed E-state index contributed by atoms with van der Waals surface area (Å²) in [6.07, 6.45) is 36.9. The summed E-state index contributed by atoms with van der Waals surface area (Å²) in [6, 6.07) is 0. The molecule has 248 valence electrons. The molecule has 0 heterocycles. The van der Waals surface area contributed by atoms with Crippen LogP contribution in [0.3, 0.4) is 0 Å². The monoisotopic (exact) mass is 603 g/mol. The molecule has 0 aliphatic rings. The zero-order valence-electron chi connectivity index (χ0n) is 30.8. The lowest BCUT2D eigenvalue weighted by molar-refractivity contribution is -0.116. The van der Waals surface area contributed by atoms with Gasteiger partial charge in [-0.3, -0.25) is 0 Å². The standard InChI is InChI=1S/C43H70O/c1-35(2)19-11-20-36(3)21-12-22-37(4)23-13-24-38(5)25-14-26-39(6)27-15-28-40(7)29-16-30-41(8)31-17-32-42(9)33-18-34-43(10)44/h19,21,23,25,27,29,31,33H,11-18,20,22,24,26,28,30,32,34H2,1-10H3/b36-21+,37-23+,38-25+,39-27?,40-29+,41-31+,42-33+. The van der Waals surface area contributed by atoms with Crippen LogP contribution < -0.4 is 0 Å². The summed E-state index contributed by atoms with van der Waals surface area (Å²) in [7, 11) is 0. The number of rotatable bonds is 24. The molecule has 0 aromatic rings. The second-order valence-corrected chi connectivity index (χ2v) is 13.6. The Hall–Kier alpha value is -2.41. The fourth-order valence-corrected chi connectivity index (χ4v) is 5.10. The van der Waals surface area contributed by atoms with E-state index in [1.807, 2.05) is 0 Å². The van der Waals surface area contributed by atoms with Crippen molar-refractivity contribution in [1.82, 2.24) is 0 Å². The first kappa shape index (κ1) is 41.6. The largest absolute Gasteiger partial charge is 0.300 e. The normalized spacial score (nSPS) is 14.4. The second-order valence-electron chi connectivity index (χ2n) is 13.6. The molecule has 0 unspecified atom stereocenters. The zero-order valence-corrected chi connectivity index (χ0v) is 30.8. The summed E-state index contributed by atoms with van der Waals surface area (Å²) in [5.41, 5.74) is 11.9. The molecule has 0 aromatic carbocycles. The van der Waals surface area contributed by atoms with E-state index in [0.717, 1.165) is 57.8 Å². The van der Waals surface area contributed by atoms with Gasteiger partial charge in [-0.1, -0.05) is 93.2 Å². The third-order valence-corrected chi connectivity index (χ3v) is 8.27. The Morgan fingerprint density at radius 3 is 0.659 bits per heavy atom. The Kier molecular flexibility index (Phi) is 25.5. The minimum absolute atomic E-state index is 0.276. The highest BCUT2D eigenvalue weighted by molar-refractivity contribution is 5.75. The van der Waals surface area contributed by atoms with Gasteiger partial charge in [-0.2, -0.15) is 0 Å². The molecule has 0 aliphatic carbocycles. The molecule has 0 saturated carbocycles.